The predicted octanol–water partition coefficient (Wildman–Crippen LogP) is 0.521. The van der Waals surface area contributed by atoms with E-state index in [1.54, 1.807) is 0 Å². The predicted molar refractivity (Wildman–Crippen MR) is 45.9 cm³/mol. The first kappa shape index (κ1) is 10.8. The summed E-state index contributed by atoms with van der Waals surface area (Å²) < 4.78 is 28.8. The molecule has 78 valence electrons. The van der Waals surface area contributed by atoms with E-state index in [1.807, 2.05) is 0 Å². The molecule has 0 aromatic rings. The number of halogens is 2. The molecule has 0 aliphatic carbocycles. The molecule has 0 saturated carbocycles. The van der Waals surface area contributed by atoms with Crippen LogP contribution in [0.25, 0.3) is 0 Å². The number of nitrogens with zero attached hydrogens (tertiary/aromatic N) is 1. The van der Waals surface area contributed by atoms with Crippen LogP contribution in [-0.4, -0.2) is 50.3 Å². The van der Waals surface area contributed by atoms with Gasteiger partial charge in [-0.3, -0.25) is 4.90 Å². The molecule has 0 unspecified atom stereocenters. The Morgan fingerprint density at radius 3 is 2.54 bits per heavy atom. The molecular weight excluding hydrogens is 178 g/mol. The van der Waals surface area contributed by atoms with E-state index < -0.39 is 6.11 Å². The van der Waals surface area contributed by atoms with Crippen molar-refractivity contribution in [3.63, 3.8) is 0 Å². The van der Waals surface area contributed by atoms with Crippen LogP contribution in [0.3, 0.4) is 0 Å². The van der Waals surface area contributed by atoms with Gasteiger partial charge in [-0.2, -0.15) is 8.78 Å². The number of hydrogen-bond donors (Lipinski definition) is 1. The third kappa shape index (κ3) is 5.13. The number of nitrogens with one attached hydrogen (secondary N) is 1. The monoisotopic (exact) mass is 194 g/mol. The Balaban J connectivity index is 2.04. The second-order valence-corrected chi connectivity index (χ2v) is 3.25. The SMILES string of the molecule is CC(F)(F)OCCN1CCNCC1. The summed E-state index contributed by atoms with van der Waals surface area (Å²) >= 11 is 0. The summed E-state index contributed by atoms with van der Waals surface area (Å²) in [7, 11) is 0. The highest BCUT2D eigenvalue weighted by Crippen LogP contribution is 2.12. The summed E-state index contributed by atoms with van der Waals surface area (Å²) in [5.41, 5.74) is 0. The van der Waals surface area contributed by atoms with Crippen LogP contribution < -0.4 is 5.32 Å². The van der Waals surface area contributed by atoms with Crippen LogP contribution in [0.2, 0.25) is 0 Å². The van der Waals surface area contributed by atoms with Gasteiger partial charge < -0.3 is 10.1 Å². The fourth-order valence-corrected chi connectivity index (χ4v) is 1.29. The number of ether oxygens (including phenoxy) is 1. The van der Waals surface area contributed by atoms with E-state index >= 15 is 0 Å². The lowest BCUT2D eigenvalue weighted by Gasteiger charge is -2.27. The number of alkyl halides is 2. The van der Waals surface area contributed by atoms with E-state index in [-0.39, 0.29) is 6.61 Å². The number of piperazine rings is 1. The van der Waals surface area contributed by atoms with Crippen molar-refractivity contribution in [1.82, 2.24) is 10.2 Å². The fourth-order valence-electron chi connectivity index (χ4n) is 1.29. The molecule has 1 rings (SSSR count). The summed E-state index contributed by atoms with van der Waals surface area (Å²) in [6.07, 6.45) is -2.99. The van der Waals surface area contributed by atoms with Crippen molar-refractivity contribution in [2.24, 2.45) is 0 Å². The molecule has 0 atom stereocenters. The number of hydrogen-bond acceptors (Lipinski definition) is 3. The van der Waals surface area contributed by atoms with E-state index in [2.05, 4.69) is 15.0 Å². The topological polar surface area (TPSA) is 24.5 Å². The Morgan fingerprint density at radius 2 is 2.00 bits per heavy atom. The largest absolute Gasteiger partial charge is 0.352 e. The molecule has 1 aliphatic heterocycles. The van der Waals surface area contributed by atoms with Gasteiger partial charge in [0.15, 0.2) is 0 Å². The van der Waals surface area contributed by atoms with Gasteiger partial charge in [0.2, 0.25) is 0 Å². The van der Waals surface area contributed by atoms with Crippen LogP contribution in [0.1, 0.15) is 6.92 Å². The highest BCUT2D eigenvalue weighted by Gasteiger charge is 2.21. The first-order valence-corrected chi connectivity index (χ1v) is 4.53. The van der Waals surface area contributed by atoms with Crippen molar-refractivity contribution in [3.8, 4) is 0 Å². The molecule has 0 spiro atoms. The van der Waals surface area contributed by atoms with Gasteiger partial charge in [0.25, 0.3) is 0 Å². The van der Waals surface area contributed by atoms with Crippen molar-refractivity contribution >= 4 is 0 Å². The lowest BCUT2D eigenvalue weighted by Crippen LogP contribution is -2.45. The lowest BCUT2D eigenvalue weighted by molar-refractivity contribution is -0.225. The molecule has 1 aliphatic rings. The quantitative estimate of drug-likeness (QED) is 0.706. The zero-order chi connectivity index (χ0) is 9.73. The van der Waals surface area contributed by atoms with Gasteiger partial charge >= 0.3 is 6.11 Å². The molecule has 0 amide bonds. The van der Waals surface area contributed by atoms with Crippen molar-refractivity contribution in [3.05, 3.63) is 0 Å². The van der Waals surface area contributed by atoms with Gasteiger partial charge in [0.05, 0.1) is 6.61 Å². The highest BCUT2D eigenvalue weighted by molar-refractivity contribution is 4.66. The minimum atomic E-state index is -2.99. The van der Waals surface area contributed by atoms with Crippen LogP contribution >= 0.6 is 0 Å². The standard InChI is InChI=1S/C8H16F2N2O/c1-8(9,10)13-7-6-12-4-2-11-3-5-12/h11H,2-7H2,1H3. The maximum absolute atomic E-state index is 12.2. The average Bonchev–Trinajstić information content (AvgIpc) is 2.04. The van der Waals surface area contributed by atoms with Crippen molar-refractivity contribution in [1.29, 1.82) is 0 Å². The zero-order valence-electron chi connectivity index (χ0n) is 7.85. The molecule has 1 N–H and O–H groups in total. The third-order valence-electron chi connectivity index (χ3n) is 1.97. The Hall–Kier alpha value is -0.260. The lowest BCUT2D eigenvalue weighted by atomic mass is 10.4. The Morgan fingerprint density at radius 1 is 1.38 bits per heavy atom. The van der Waals surface area contributed by atoms with Crippen LogP contribution in [0.4, 0.5) is 8.78 Å². The van der Waals surface area contributed by atoms with Crippen LogP contribution in [0, 0.1) is 0 Å². The van der Waals surface area contributed by atoms with E-state index in [0.29, 0.717) is 6.54 Å². The molecule has 0 bridgehead atoms. The molecule has 1 heterocycles. The van der Waals surface area contributed by atoms with E-state index in [0.717, 1.165) is 33.1 Å². The average molecular weight is 194 g/mol. The Bertz CT molecular complexity index is 144. The molecule has 0 radical (unpaired) electrons. The van der Waals surface area contributed by atoms with Gasteiger partial charge in [0.1, 0.15) is 0 Å². The van der Waals surface area contributed by atoms with Gasteiger partial charge in [0, 0.05) is 39.6 Å². The molecule has 13 heavy (non-hydrogen) atoms. The van der Waals surface area contributed by atoms with E-state index in [9.17, 15) is 8.78 Å². The van der Waals surface area contributed by atoms with Crippen molar-refractivity contribution in [2.75, 3.05) is 39.3 Å². The minimum Gasteiger partial charge on any atom is -0.319 e. The second-order valence-electron chi connectivity index (χ2n) is 3.25. The molecule has 0 aromatic carbocycles. The molecule has 0 aromatic heterocycles. The third-order valence-corrected chi connectivity index (χ3v) is 1.97. The van der Waals surface area contributed by atoms with Gasteiger partial charge in [-0.15, -0.1) is 0 Å². The van der Waals surface area contributed by atoms with Crippen LogP contribution in [0.5, 0.6) is 0 Å². The Labute approximate surface area is 77.0 Å². The summed E-state index contributed by atoms with van der Waals surface area (Å²) in [6, 6.07) is 0. The highest BCUT2D eigenvalue weighted by atomic mass is 19.3. The first-order valence-electron chi connectivity index (χ1n) is 4.53. The normalized spacial score (nSPS) is 20.5. The molecule has 3 nitrogen and oxygen atoms in total. The number of rotatable bonds is 4. The summed E-state index contributed by atoms with van der Waals surface area (Å²) in [4.78, 5) is 2.11. The minimum absolute atomic E-state index is 0.101. The van der Waals surface area contributed by atoms with Crippen LogP contribution in [0.15, 0.2) is 0 Å². The molecule has 1 fully saturated rings. The first-order chi connectivity index (χ1) is 6.08. The van der Waals surface area contributed by atoms with Gasteiger partial charge in [-0.25, -0.2) is 0 Å². The maximum Gasteiger partial charge on any atom is 0.352 e. The zero-order valence-corrected chi connectivity index (χ0v) is 7.85. The maximum atomic E-state index is 12.2. The Kier molecular flexibility index (Phi) is 4.02. The fraction of sp³-hybridized carbons (Fsp3) is 1.00. The van der Waals surface area contributed by atoms with Crippen LogP contribution in [-0.2, 0) is 4.74 Å². The van der Waals surface area contributed by atoms with Gasteiger partial charge in [-0.1, -0.05) is 0 Å². The van der Waals surface area contributed by atoms with Gasteiger partial charge in [-0.05, 0) is 0 Å². The van der Waals surface area contributed by atoms with E-state index in [4.69, 9.17) is 0 Å². The molecule has 1 saturated heterocycles. The van der Waals surface area contributed by atoms with Crippen molar-refractivity contribution in [2.45, 2.75) is 13.0 Å². The summed E-state index contributed by atoms with van der Waals surface area (Å²) in [5, 5.41) is 3.19. The molecule has 5 heteroatoms. The van der Waals surface area contributed by atoms with Crippen molar-refractivity contribution < 1.29 is 13.5 Å². The molecular formula is C8H16F2N2O. The second kappa shape index (κ2) is 4.83. The summed E-state index contributed by atoms with van der Waals surface area (Å²) in [6.45, 7) is 5.15. The smallest absolute Gasteiger partial charge is 0.319 e. The van der Waals surface area contributed by atoms with E-state index in [1.165, 1.54) is 0 Å². The summed E-state index contributed by atoms with van der Waals surface area (Å²) in [5.74, 6) is 0.